The molecule has 0 aromatic carbocycles. The van der Waals surface area contributed by atoms with Crippen LogP contribution < -0.4 is 4.72 Å². The predicted octanol–water partition coefficient (Wildman–Crippen LogP) is 3.50. The summed E-state index contributed by atoms with van der Waals surface area (Å²) in [5.41, 5.74) is -5.13. The van der Waals surface area contributed by atoms with E-state index in [1.807, 2.05) is 13.8 Å². The highest BCUT2D eigenvalue weighted by Crippen LogP contribution is 2.28. The lowest BCUT2D eigenvalue weighted by Gasteiger charge is -2.25. The summed E-state index contributed by atoms with van der Waals surface area (Å²) < 4.78 is 43.5. The molecule has 7 heteroatoms. The Balaban J connectivity index is 4.53. The average Bonchev–Trinajstić information content (AvgIpc) is 2.06. The Morgan fingerprint density at radius 2 is 1.78 bits per heavy atom. The van der Waals surface area contributed by atoms with Crippen molar-refractivity contribution in [3.05, 3.63) is 0 Å². The van der Waals surface area contributed by atoms with Crippen molar-refractivity contribution in [3.63, 3.8) is 0 Å². The van der Waals surface area contributed by atoms with Crippen molar-refractivity contribution < 1.29 is 22.7 Å². The average molecular weight is 287 g/mol. The van der Waals surface area contributed by atoms with Crippen molar-refractivity contribution in [2.24, 2.45) is 5.92 Å². The number of nitrogens with one attached hydrogen (secondary N) is 1. The number of hydrogen-bond acceptors (Lipinski definition) is 4. The van der Waals surface area contributed by atoms with Crippen molar-refractivity contribution in [2.75, 3.05) is 0 Å². The monoisotopic (exact) mass is 287 g/mol. The summed E-state index contributed by atoms with van der Waals surface area (Å²) in [5.74, 6) is -0.572. The molecule has 0 amide bonds. The van der Waals surface area contributed by atoms with E-state index in [0.29, 0.717) is 0 Å². The Bertz CT molecular complexity index is 274. The maximum Gasteiger partial charge on any atom is 0.456 e. The normalized spacial score (nSPS) is 14.7. The first-order valence-electron chi connectivity index (χ1n) is 5.64. The van der Waals surface area contributed by atoms with Crippen LogP contribution in [0.1, 0.15) is 41.0 Å². The van der Waals surface area contributed by atoms with E-state index < -0.39 is 35.1 Å². The third kappa shape index (κ3) is 9.58. The van der Waals surface area contributed by atoms with Crippen LogP contribution >= 0.6 is 11.9 Å². The van der Waals surface area contributed by atoms with E-state index in [0.717, 1.165) is 0 Å². The molecule has 0 fully saturated rings. The van der Waals surface area contributed by atoms with Crippen LogP contribution in [-0.4, -0.2) is 23.1 Å². The van der Waals surface area contributed by atoms with Gasteiger partial charge in [0.05, 0.1) is 0 Å². The van der Waals surface area contributed by atoms with Gasteiger partial charge >= 0.3 is 11.5 Å². The second-order valence-electron chi connectivity index (χ2n) is 5.38. The summed E-state index contributed by atoms with van der Waals surface area (Å²) in [5, 5.41) is 0. The molecule has 0 saturated heterocycles. The molecule has 1 N–H and O–H groups in total. The minimum Gasteiger partial charge on any atom is -0.459 e. The van der Waals surface area contributed by atoms with E-state index in [9.17, 15) is 18.0 Å². The Morgan fingerprint density at radius 1 is 1.28 bits per heavy atom. The first-order valence-corrected chi connectivity index (χ1v) is 6.45. The third-order valence-corrected chi connectivity index (χ3v) is 2.35. The molecule has 0 aromatic rings. The predicted molar refractivity (Wildman–Crippen MR) is 65.9 cm³/mol. The van der Waals surface area contributed by atoms with Crippen molar-refractivity contribution >= 4 is 17.9 Å². The molecule has 108 valence electrons. The van der Waals surface area contributed by atoms with Gasteiger partial charge < -0.3 is 4.74 Å². The number of alkyl halides is 3. The quantitative estimate of drug-likeness (QED) is 0.620. The van der Waals surface area contributed by atoms with Crippen LogP contribution in [0.15, 0.2) is 0 Å². The highest BCUT2D eigenvalue weighted by molar-refractivity contribution is 7.98. The van der Waals surface area contributed by atoms with Crippen LogP contribution in [0.3, 0.4) is 0 Å². The lowest BCUT2D eigenvalue weighted by atomic mass is 10.0. The van der Waals surface area contributed by atoms with E-state index >= 15 is 0 Å². The molecule has 3 nitrogen and oxygen atoms in total. The van der Waals surface area contributed by atoms with Crippen LogP contribution in [0, 0.1) is 5.92 Å². The van der Waals surface area contributed by atoms with E-state index in [-0.39, 0.29) is 12.3 Å². The fourth-order valence-electron chi connectivity index (χ4n) is 1.17. The van der Waals surface area contributed by atoms with Gasteiger partial charge in [-0.05, 0) is 33.1 Å². The van der Waals surface area contributed by atoms with Gasteiger partial charge in [-0.1, -0.05) is 13.8 Å². The highest BCUT2D eigenvalue weighted by Gasteiger charge is 2.33. The summed E-state index contributed by atoms with van der Waals surface area (Å²) in [4.78, 5) is 11.7. The molecule has 0 unspecified atom stereocenters. The largest absolute Gasteiger partial charge is 0.459 e. The molecule has 0 aliphatic heterocycles. The zero-order valence-corrected chi connectivity index (χ0v) is 12.0. The maximum atomic E-state index is 12.1. The highest BCUT2D eigenvalue weighted by atomic mass is 32.2. The van der Waals surface area contributed by atoms with Gasteiger partial charge in [-0.2, -0.15) is 13.2 Å². The van der Waals surface area contributed by atoms with Gasteiger partial charge in [0.25, 0.3) is 0 Å². The molecule has 0 aliphatic carbocycles. The smallest absolute Gasteiger partial charge is 0.456 e. The van der Waals surface area contributed by atoms with E-state index in [4.69, 9.17) is 4.74 Å². The molecule has 0 aliphatic rings. The Morgan fingerprint density at radius 3 is 2.11 bits per heavy atom. The molecule has 0 spiro atoms. The van der Waals surface area contributed by atoms with Gasteiger partial charge in [0, 0.05) is 11.9 Å². The van der Waals surface area contributed by atoms with Gasteiger partial charge in [-0.25, -0.2) is 4.72 Å². The fourth-order valence-corrected chi connectivity index (χ4v) is 1.64. The second kappa shape index (κ2) is 6.65. The summed E-state index contributed by atoms with van der Waals surface area (Å²) in [6.45, 7) is 8.69. The zero-order chi connectivity index (χ0) is 14.6. The van der Waals surface area contributed by atoms with Crippen molar-refractivity contribution in [1.82, 2.24) is 4.72 Å². The number of rotatable bonds is 5. The van der Waals surface area contributed by atoms with Crippen LogP contribution in [0.5, 0.6) is 0 Å². The molecular weight excluding hydrogens is 267 g/mol. The number of carbonyl (C=O) groups is 1. The summed E-state index contributed by atoms with van der Waals surface area (Å²) in [6.07, 6.45) is 0.290. The molecule has 18 heavy (non-hydrogen) atoms. The van der Waals surface area contributed by atoms with Crippen LogP contribution in [0.4, 0.5) is 13.2 Å². The number of halogens is 3. The van der Waals surface area contributed by atoms with Gasteiger partial charge in [0.15, 0.2) is 0 Å². The SMILES string of the molecule is CC(C)C[C@H](NSC(F)(F)F)C(=O)OC(C)(C)C. The Hall–Kier alpha value is -0.430. The lowest BCUT2D eigenvalue weighted by molar-refractivity contribution is -0.157. The molecule has 0 heterocycles. The van der Waals surface area contributed by atoms with Crippen molar-refractivity contribution in [3.8, 4) is 0 Å². The molecule has 0 aromatic heterocycles. The number of ether oxygens (including phenoxy) is 1. The summed E-state index contributed by atoms with van der Waals surface area (Å²) >= 11 is -0.413. The van der Waals surface area contributed by atoms with Crippen molar-refractivity contribution in [1.29, 1.82) is 0 Å². The zero-order valence-electron chi connectivity index (χ0n) is 11.2. The first-order chi connectivity index (χ1) is 7.91. The van der Waals surface area contributed by atoms with Crippen LogP contribution in [0.2, 0.25) is 0 Å². The Kier molecular flexibility index (Phi) is 6.50. The number of carbonyl (C=O) groups excluding carboxylic acids is 1. The van der Waals surface area contributed by atoms with Crippen LogP contribution in [0.25, 0.3) is 0 Å². The van der Waals surface area contributed by atoms with Gasteiger partial charge in [-0.3, -0.25) is 4.79 Å². The van der Waals surface area contributed by atoms with Gasteiger partial charge in [-0.15, -0.1) is 0 Å². The molecular formula is C11H20F3NO2S. The lowest BCUT2D eigenvalue weighted by Crippen LogP contribution is -2.40. The molecule has 0 rings (SSSR count). The summed E-state index contributed by atoms with van der Waals surface area (Å²) in [6, 6.07) is -0.962. The molecule has 1 atom stereocenters. The third-order valence-electron chi connectivity index (χ3n) is 1.72. The van der Waals surface area contributed by atoms with Crippen molar-refractivity contribution in [2.45, 2.75) is 58.2 Å². The standard InChI is InChI=1S/C11H20F3NO2S/c1-7(2)6-8(15-18-11(12,13)14)9(16)17-10(3,4)5/h7-8,15H,6H2,1-5H3/t8-/m0/s1. The second-order valence-corrected chi connectivity index (χ2v) is 6.28. The molecule has 0 radical (unpaired) electrons. The Labute approximate surface area is 110 Å². The minimum absolute atomic E-state index is 0.0869. The molecule has 0 saturated carbocycles. The fraction of sp³-hybridized carbons (Fsp3) is 0.909. The van der Waals surface area contributed by atoms with Crippen LogP contribution in [-0.2, 0) is 9.53 Å². The molecule has 0 bridgehead atoms. The van der Waals surface area contributed by atoms with Gasteiger partial charge in [0.1, 0.15) is 11.6 Å². The maximum absolute atomic E-state index is 12.1. The summed E-state index contributed by atoms with van der Waals surface area (Å²) in [7, 11) is 0. The number of esters is 1. The van der Waals surface area contributed by atoms with E-state index in [1.54, 1.807) is 20.8 Å². The minimum atomic E-state index is -4.42. The topological polar surface area (TPSA) is 38.3 Å². The van der Waals surface area contributed by atoms with E-state index in [1.165, 1.54) is 0 Å². The van der Waals surface area contributed by atoms with E-state index in [2.05, 4.69) is 4.72 Å². The van der Waals surface area contributed by atoms with Gasteiger partial charge in [0.2, 0.25) is 0 Å². The number of hydrogen-bond donors (Lipinski definition) is 1. The first kappa shape index (κ1) is 17.6.